The monoisotopic (exact) mass is 316 g/mol. The molecule has 0 amide bonds. The molecule has 0 saturated heterocycles. The largest absolute Gasteiger partial charge is 0.362 e. The van der Waals surface area contributed by atoms with Crippen molar-refractivity contribution in [3.8, 4) is 0 Å². The fraction of sp³-hybridized carbons (Fsp3) is 0.182. The van der Waals surface area contributed by atoms with Gasteiger partial charge in [0.2, 0.25) is 0 Å². The highest BCUT2D eigenvalue weighted by Crippen LogP contribution is 2.28. The molecule has 0 fully saturated rings. The normalized spacial score (nSPS) is 12.4. The molecule has 2 aromatic rings. The number of nitrogens with zero attached hydrogens (tertiary/aromatic N) is 1. The van der Waals surface area contributed by atoms with Crippen LogP contribution in [0, 0.1) is 0 Å². The van der Waals surface area contributed by atoms with E-state index in [4.69, 9.17) is 11.6 Å². The molecule has 5 heteroatoms. The van der Waals surface area contributed by atoms with E-state index in [1.54, 1.807) is 17.5 Å². The van der Waals surface area contributed by atoms with E-state index in [-0.39, 0.29) is 6.04 Å². The van der Waals surface area contributed by atoms with E-state index >= 15 is 0 Å². The quantitative estimate of drug-likeness (QED) is 0.885. The van der Waals surface area contributed by atoms with Crippen molar-refractivity contribution in [3.05, 3.63) is 44.1 Å². The van der Waals surface area contributed by atoms with Gasteiger partial charge in [0.1, 0.15) is 5.82 Å². The third-order valence-electron chi connectivity index (χ3n) is 2.13. The topological polar surface area (TPSA) is 24.9 Å². The van der Waals surface area contributed by atoms with Crippen molar-refractivity contribution >= 4 is 44.7 Å². The molecule has 2 nitrogen and oxygen atoms in total. The standard InChI is InChI=1S/C11H10BrClN2S/c1-7(10-3-2-4-16-10)15-11-9(12)5-8(13)6-14-11/h2-7H,1H3,(H,14,15). The number of thiophene rings is 1. The molecular formula is C11H10BrClN2S. The summed E-state index contributed by atoms with van der Waals surface area (Å²) < 4.78 is 0.878. The molecule has 2 aromatic heterocycles. The highest BCUT2D eigenvalue weighted by molar-refractivity contribution is 9.10. The molecule has 1 unspecified atom stereocenters. The smallest absolute Gasteiger partial charge is 0.140 e. The SMILES string of the molecule is CC(Nc1ncc(Cl)cc1Br)c1cccs1. The summed E-state index contributed by atoms with van der Waals surface area (Å²) in [4.78, 5) is 5.52. The van der Waals surface area contributed by atoms with E-state index in [9.17, 15) is 0 Å². The van der Waals surface area contributed by atoms with E-state index in [1.165, 1.54) is 4.88 Å². The summed E-state index contributed by atoms with van der Waals surface area (Å²) in [5.74, 6) is 0.810. The Balaban J connectivity index is 2.15. The number of aromatic nitrogens is 1. The number of hydrogen-bond donors (Lipinski definition) is 1. The molecule has 0 aromatic carbocycles. The summed E-state index contributed by atoms with van der Waals surface area (Å²) in [5, 5.41) is 6.03. The molecule has 16 heavy (non-hydrogen) atoms. The van der Waals surface area contributed by atoms with Gasteiger partial charge >= 0.3 is 0 Å². The van der Waals surface area contributed by atoms with E-state index in [0.29, 0.717) is 5.02 Å². The molecule has 0 aliphatic rings. The third-order valence-corrected chi connectivity index (χ3v) is 4.00. The Morgan fingerprint density at radius 3 is 3.00 bits per heavy atom. The summed E-state index contributed by atoms with van der Waals surface area (Å²) in [7, 11) is 0. The van der Waals surface area contributed by atoms with Gasteiger partial charge in [0.05, 0.1) is 15.5 Å². The first-order valence-electron chi connectivity index (χ1n) is 4.78. The second-order valence-electron chi connectivity index (χ2n) is 3.37. The minimum absolute atomic E-state index is 0.241. The number of hydrogen-bond acceptors (Lipinski definition) is 3. The van der Waals surface area contributed by atoms with Gasteiger partial charge in [0, 0.05) is 11.1 Å². The van der Waals surface area contributed by atoms with Crippen LogP contribution in [0.15, 0.2) is 34.2 Å². The molecule has 0 saturated carbocycles. The van der Waals surface area contributed by atoms with Gasteiger partial charge in [-0.25, -0.2) is 4.98 Å². The van der Waals surface area contributed by atoms with E-state index in [2.05, 4.69) is 44.6 Å². The maximum atomic E-state index is 5.83. The maximum Gasteiger partial charge on any atom is 0.140 e. The number of halogens is 2. The van der Waals surface area contributed by atoms with Crippen LogP contribution < -0.4 is 5.32 Å². The predicted octanol–water partition coefficient (Wildman–Crippen LogP) is 4.73. The zero-order valence-corrected chi connectivity index (χ0v) is 11.7. The second kappa shape index (κ2) is 5.17. The van der Waals surface area contributed by atoms with Crippen molar-refractivity contribution in [1.29, 1.82) is 0 Å². The van der Waals surface area contributed by atoms with Crippen LogP contribution in [0.2, 0.25) is 5.02 Å². The Bertz CT molecular complexity index is 473. The lowest BCUT2D eigenvalue weighted by Gasteiger charge is -2.14. The number of rotatable bonds is 3. The minimum Gasteiger partial charge on any atom is -0.362 e. The Hall–Kier alpha value is -0.580. The Morgan fingerprint density at radius 2 is 2.38 bits per heavy atom. The van der Waals surface area contributed by atoms with E-state index in [0.717, 1.165) is 10.3 Å². The lowest BCUT2D eigenvalue weighted by atomic mass is 10.3. The predicted molar refractivity (Wildman–Crippen MR) is 73.3 cm³/mol. The lowest BCUT2D eigenvalue weighted by Crippen LogP contribution is -2.06. The molecule has 0 aliphatic carbocycles. The van der Waals surface area contributed by atoms with Gasteiger partial charge in [-0.05, 0) is 40.4 Å². The molecule has 0 radical (unpaired) electrons. The fourth-order valence-corrected chi connectivity index (χ4v) is 2.82. The van der Waals surface area contributed by atoms with Crippen LogP contribution in [0.5, 0.6) is 0 Å². The van der Waals surface area contributed by atoms with E-state index < -0.39 is 0 Å². The lowest BCUT2D eigenvalue weighted by molar-refractivity contribution is 0.894. The molecule has 0 spiro atoms. The third kappa shape index (κ3) is 2.75. The second-order valence-corrected chi connectivity index (χ2v) is 5.64. The van der Waals surface area contributed by atoms with Crippen molar-refractivity contribution in [3.63, 3.8) is 0 Å². The van der Waals surface area contributed by atoms with Gasteiger partial charge in [-0.15, -0.1) is 11.3 Å². The van der Waals surface area contributed by atoms with E-state index in [1.807, 2.05) is 12.1 Å². The molecule has 1 atom stereocenters. The van der Waals surface area contributed by atoms with Crippen LogP contribution in [-0.4, -0.2) is 4.98 Å². The average Bonchev–Trinajstić information content (AvgIpc) is 2.75. The van der Waals surface area contributed by atoms with Gasteiger partial charge in [-0.1, -0.05) is 17.7 Å². The van der Waals surface area contributed by atoms with Crippen molar-refractivity contribution < 1.29 is 0 Å². The summed E-state index contributed by atoms with van der Waals surface area (Å²) in [6, 6.07) is 6.22. The number of anilines is 1. The van der Waals surface area contributed by atoms with Gasteiger partial charge in [-0.2, -0.15) is 0 Å². The molecule has 2 rings (SSSR count). The zero-order chi connectivity index (χ0) is 11.5. The summed E-state index contributed by atoms with van der Waals surface area (Å²) >= 11 is 11.0. The van der Waals surface area contributed by atoms with Gasteiger partial charge in [0.15, 0.2) is 0 Å². The molecular weight excluding hydrogens is 308 g/mol. The maximum absolute atomic E-state index is 5.83. The molecule has 84 valence electrons. The van der Waals surface area contributed by atoms with Gasteiger partial charge in [-0.3, -0.25) is 0 Å². The van der Waals surface area contributed by atoms with Crippen LogP contribution in [0.4, 0.5) is 5.82 Å². The van der Waals surface area contributed by atoms with Crippen LogP contribution >= 0.6 is 38.9 Å². The van der Waals surface area contributed by atoms with Crippen LogP contribution in [-0.2, 0) is 0 Å². The molecule has 0 bridgehead atoms. The Kier molecular flexibility index (Phi) is 3.84. The van der Waals surface area contributed by atoms with Crippen LogP contribution in [0.3, 0.4) is 0 Å². The van der Waals surface area contributed by atoms with Crippen molar-refractivity contribution in [2.24, 2.45) is 0 Å². The first-order chi connectivity index (χ1) is 7.66. The molecule has 0 aliphatic heterocycles. The Labute approximate surface area is 112 Å². The highest BCUT2D eigenvalue weighted by Gasteiger charge is 2.09. The Morgan fingerprint density at radius 1 is 1.56 bits per heavy atom. The average molecular weight is 318 g/mol. The van der Waals surface area contributed by atoms with Crippen LogP contribution in [0.25, 0.3) is 0 Å². The first-order valence-corrected chi connectivity index (χ1v) is 6.83. The van der Waals surface area contributed by atoms with Crippen LogP contribution in [0.1, 0.15) is 17.8 Å². The summed E-state index contributed by atoms with van der Waals surface area (Å²) in [6.45, 7) is 2.11. The zero-order valence-electron chi connectivity index (χ0n) is 8.58. The highest BCUT2D eigenvalue weighted by atomic mass is 79.9. The van der Waals surface area contributed by atoms with Crippen molar-refractivity contribution in [2.75, 3.05) is 5.32 Å². The number of nitrogens with one attached hydrogen (secondary N) is 1. The minimum atomic E-state index is 0.241. The van der Waals surface area contributed by atoms with Gasteiger partial charge < -0.3 is 5.32 Å². The van der Waals surface area contributed by atoms with Crippen molar-refractivity contribution in [2.45, 2.75) is 13.0 Å². The summed E-state index contributed by atoms with van der Waals surface area (Å²) in [6.07, 6.45) is 1.63. The van der Waals surface area contributed by atoms with Gasteiger partial charge in [0.25, 0.3) is 0 Å². The fourth-order valence-electron chi connectivity index (χ4n) is 1.33. The summed E-state index contributed by atoms with van der Waals surface area (Å²) in [5.41, 5.74) is 0. The van der Waals surface area contributed by atoms with Crippen molar-refractivity contribution in [1.82, 2.24) is 4.98 Å². The molecule has 1 N–H and O–H groups in total. The molecule has 2 heterocycles. The first kappa shape index (κ1) is 11.9. The number of pyridine rings is 1.